The van der Waals surface area contributed by atoms with E-state index in [9.17, 15) is 4.79 Å². The van der Waals surface area contributed by atoms with Crippen LogP contribution in [0.2, 0.25) is 0 Å². The number of carbonyl (C=O) groups is 1. The molecule has 0 aliphatic heterocycles. The Balaban J connectivity index is 1.35. The number of nitrogens with zero attached hydrogens (tertiary/aromatic N) is 1. The number of para-hydroxylation sites is 1. The number of aromatic nitrogens is 1. The fraction of sp³-hybridized carbons (Fsp3) is 0.138. The van der Waals surface area contributed by atoms with Crippen LogP contribution in [0, 0.1) is 6.92 Å². The van der Waals surface area contributed by atoms with E-state index in [4.69, 9.17) is 0 Å². The highest BCUT2D eigenvalue weighted by molar-refractivity contribution is 6.06. The van der Waals surface area contributed by atoms with Crippen LogP contribution < -0.4 is 5.32 Å². The van der Waals surface area contributed by atoms with E-state index < -0.39 is 0 Å². The van der Waals surface area contributed by atoms with Crippen LogP contribution in [-0.2, 0) is 13.0 Å². The Hall–Kier alpha value is -3.85. The molecule has 3 nitrogen and oxygen atoms in total. The lowest BCUT2D eigenvalue weighted by molar-refractivity contribution is 0.102. The standard InChI is InChI=1S/C29H26N2O/c1-3-31-20(2)27(26-10-6-7-11-28(26)31)18-21-12-16-25(17-13-21)30-29(32)24-15-14-22-8-4-5-9-23(22)19-24/h4-17,19H,3,18H2,1-2H3,(H,30,32). The van der Waals surface area contributed by atoms with E-state index in [1.165, 1.54) is 27.7 Å². The molecule has 1 amide bonds. The Bertz CT molecular complexity index is 1430. The number of benzene rings is 4. The minimum Gasteiger partial charge on any atom is -0.345 e. The average Bonchev–Trinajstić information content (AvgIpc) is 3.10. The van der Waals surface area contributed by atoms with Gasteiger partial charge in [0.05, 0.1) is 0 Å². The van der Waals surface area contributed by atoms with Crippen molar-refractivity contribution in [1.29, 1.82) is 0 Å². The number of fused-ring (bicyclic) bond motifs is 2. The second kappa shape index (κ2) is 8.35. The zero-order valence-corrected chi connectivity index (χ0v) is 18.4. The van der Waals surface area contributed by atoms with Gasteiger partial charge in [-0.25, -0.2) is 0 Å². The van der Waals surface area contributed by atoms with E-state index in [-0.39, 0.29) is 5.91 Å². The molecule has 5 aromatic rings. The molecule has 0 bridgehead atoms. The summed E-state index contributed by atoms with van der Waals surface area (Å²) in [7, 11) is 0. The molecule has 3 heteroatoms. The van der Waals surface area contributed by atoms with Crippen molar-refractivity contribution in [2.45, 2.75) is 26.8 Å². The SMILES string of the molecule is CCn1c(C)c(Cc2ccc(NC(=O)c3ccc4ccccc4c3)cc2)c2ccccc21. The van der Waals surface area contributed by atoms with Gasteiger partial charge in [-0.15, -0.1) is 0 Å². The van der Waals surface area contributed by atoms with Gasteiger partial charge >= 0.3 is 0 Å². The minimum absolute atomic E-state index is 0.0923. The van der Waals surface area contributed by atoms with Crippen LogP contribution in [0.3, 0.4) is 0 Å². The van der Waals surface area contributed by atoms with E-state index in [2.05, 4.69) is 66.2 Å². The predicted molar refractivity (Wildman–Crippen MR) is 133 cm³/mol. The topological polar surface area (TPSA) is 34.0 Å². The van der Waals surface area contributed by atoms with Crippen molar-refractivity contribution in [3.05, 3.63) is 113 Å². The largest absolute Gasteiger partial charge is 0.345 e. The first-order chi connectivity index (χ1) is 15.6. The van der Waals surface area contributed by atoms with Gasteiger partial charge in [-0.2, -0.15) is 0 Å². The third-order valence-electron chi connectivity index (χ3n) is 6.28. The molecular weight excluding hydrogens is 392 g/mol. The number of anilines is 1. The van der Waals surface area contributed by atoms with Crippen molar-refractivity contribution in [3.8, 4) is 0 Å². The van der Waals surface area contributed by atoms with E-state index in [1.807, 2.05) is 48.5 Å². The Labute approximate surface area is 188 Å². The average molecular weight is 419 g/mol. The Kier molecular flexibility index (Phi) is 5.24. The van der Waals surface area contributed by atoms with Crippen LogP contribution >= 0.6 is 0 Å². The van der Waals surface area contributed by atoms with E-state index >= 15 is 0 Å². The van der Waals surface area contributed by atoms with Crippen molar-refractivity contribution in [3.63, 3.8) is 0 Å². The van der Waals surface area contributed by atoms with Crippen LogP contribution in [-0.4, -0.2) is 10.5 Å². The Morgan fingerprint density at radius 2 is 1.56 bits per heavy atom. The van der Waals surface area contributed by atoms with Crippen LogP contribution in [0.25, 0.3) is 21.7 Å². The van der Waals surface area contributed by atoms with Crippen LogP contribution in [0.5, 0.6) is 0 Å². The van der Waals surface area contributed by atoms with Crippen LogP contribution in [0.4, 0.5) is 5.69 Å². The first-order valence-electron chi connectivity index (χ1n) is 11.1. The van der Waals surface area contributed by atoms with Crippen molar-refractivity contribution in [2.24, 2.45) is 0 Å². The number of nitrogens with one attached hydrogen (secondary N) is 1. The van der Waals surface area contributed by atoms with E-state index in [0.29, 0.717) is 5.56 Å². The fourth-order valence-electron chi connectivity index (χ4n) is 4.58. The van der Waals surface area contributed by atoms with Gasteiger partial charge in [0.25, 0.3) is 5.91 Å². The van der Waals surface area contributed by atoms with Gasteiger partial charge < -0.3 is 9.88 Å². The van der Waals surface area contributed by atoms with E-state index in [1.54, 1.807) is 0 Å². The van der Waals surface area contributed by atoms with Gasteiger partial charge in [0.1, 0.15) is 0 Å². The minimum atomic E-state index is -0.0923. The van der Waals surface area contributed by atoms with Crippen LogP contribution in [0.1, 0.15) is 34.1 Å². The number of hydrogen-bond donors (Lipinski definition) is 1. The molecule has 1 N–H and O–H groups in total. The van der Waals surface area contributed by atoms with Gasteiger partial charge in [-0.1, -0.05) is 60.7 Å². The Morgan fingerprint density at radius 1 is 0.844 bits per heavy atom. The quantitative estimate of drug-likeness (QED) is 0.329. The summed E-state index contributed by atoms with van der Waals surface area (Å²) in [5.74, 6) is -0.0923. The molecule has 0 radical (unpaired) electrons. The lowest BCUT2D eigenvalue weighted by Crippen LogP contribution is -2.11. The summed E-state index contributed by atoms with van der Waals surface area (Å²) in [4.78, 5) is 12.7. The molecule has 1 aromatic heterocycles. The molecule has 4 aromatic carbocycles. The molecule has 0 unspecified atom stereocenters. The molecular formula is C29H26N2O. The van der Waals surface area contributed by atoms with Gasteiger partial charge in [-0.3, -0.25) is 4.79 Å². The fourth-order valence-corrected chi connectivity index (χ4v) is 4.58. The molecule has 0 saturated carbocycles. The maximum Gasteiger partial charge on any atom is 0.255 e. The van der Waals surface area contributed by atoms with Gasteiger partial charge in [0.15, 0.2) is 0 Å². The monoisotopic (exact) mass is 418 g/mol. The van der Waals surface area contributed by atoms with Crippen molar-refractivity contribution < 1.29 is 4.79 Å². The summed E-state index contributed by atoms with van der Waals surface area (Å²) in [6.07, 6.45) is 0.873. The first-order valence-corrected chi connectivity index (χ1v) is 11.1. The van der Waals surface area contributed by atoms with Crippen molar-refractivity contribution in [1.82, 2.24) is 4.57 Å². The van der Waals surface area contributed by atoms with E-state index in [0.717, 1.165) is 29.4 Å². The molecule has 5 rings (SSSR count). The normalized spacial score (nSPS) is 11.2. The second-order valence-corrected chi connectivity index (χ2v) is 8.22. The van der Waals surface area contributed by atoms with Gasteiger partial charge in [0.2, 0.25) is 0 Å². The number of carbonyl (C=O) groups excluding carboxylic acids is 1. The summed E-state index contributed by atoms with van der Waals surface area (Å²) in [6, 6.07) is 30.7. The highest BCUT2D eigenvalue weighted by Gasteiger charge is 2.13. The molecule has 0 spiro atoms. The zero-order valence-electron chi connectivity index (χ0n) is 18.4. The zero-order chi connectivity index (χ0) is 22.1. The summed E-state index contributed by atoms with van der Waals surface area (Å²) >= 11 is 0. The number of amides is 1. The lowest BCUT2D eigenvalue weighted by Gasteiger charge is -2.09. The maximum absolute atomic E-state index is 12.7. The van der Waals surface area contributed by atoms with Crippen molar-refractivity contribution in [2.75, 3.05) is 5.32 Å². The van der Waals surface area contributed by atoms with Crippen molar-refractivity contribution >= 4 is 33.3 Å². The lowest BCUT2D eigenvalue weighted by atomic mass is 10.0. The Morgan fingerprint density at radius 3 is 2.34 bits per heavy atom. The number of aryl methyl sites for hydroxylation is 1. The molecule has 0 aliphatic rings. The highest BCUT2D eigenvalue weighted by atomic mass is 16.1. The highest BCUT2D eigenvalue weighted by Crippen LogP contribution is 2.28. The third kappa shape index (κ3) is 3.67. The summed E-state index contributed by atoms with van der Waals surface area (Å²) in [5, 5.41) is 6.54. The number of rotatable bonds is 5. The maximum atomic E-state index is 12.7. The molecule has 0 aliphatic carbocycles. The molecule has 0 saturated heterocycles. The third-order valence-corrected chi connectivity index (χ3v) is 6.28. The number of hydrogen-bond acceptors (Lipinski definition) is 1. The molecule has 158 valence electrons. The second-order valence-electron chi connectivity index (χ2n) is 8.22. The van der Waals surface area contributed by atoms with Gasteiger partial charge in [-0.05, 0) is 72.5 Å². The molecule has 0 atom stereocenters. The first kappa shape index (κ1) is 20.1. The summed E-state index contributed by atoms with van der Waals surface area (Å²) in [6.45, 7) is 5.36. The van der Waals surface area contributed by atoms with Crippen LogP contribution in [0.15, 0.2) is 91.0 Å². The molecule has 1 heterocycles. The molecule has 0 fully saturated rings. The summed E-state index contributed by atoms with van der Waals surface area (Å²) in [5.41, 5.74) is 6.69. The van der Waals surface area contributed by atoms with Gasteiger partial charge in [0, 0.05) is 34.4 Å². The molecule has 32 heavy (non-hydrogen) atoms. The summed E-state index contributed by atoms with van der Waals surface area (Å²) < 4.78 is 2.38. The predicted octanol–water partition coefficient (Wildman–Crippen LogP) is 6.97. The smallest absolute Gasteiger partial charge is 0.255 e.